The number of nitrogens with zero attached hydrogens (tertiary/aromatic N) is 3. The van der Waals surface area contributed by atoms with E-state index in [0.717, 1.165) is 16.6 Å². The number of rotatable bonds is 7. The molecular weight excluding hydrogens is 454 g/mol. The van der Waals surface area contributed by atoms with Crippen LogP contribution in [-0.2, 0) is 6.54 Å². The van der Waals surface area contributed by atoms with Gasteiger partial charge in [0.05, 0.1) is 18.1 Å². The van der Waals surface area contributed by atoms with Crippen molar-refractivity contribution in [2.45, 2.75) is 19.0 Å². The fourth-order valence-electron chi connectivity index (χ4n) is 3.51. The fraction of sp³-hybridized carbons (Fsp3) is 0.174. The van der Waals surface area contributed by atoms with E-state index in [1.807, 2.05) is 23.6 Å². The number of hydrogen-bond acceptors (Lipinski definition) is 5. The van der Waals surface area contributed by atoms with Crippen LogP contribution in [0.4, 0.5) is 14.5 Å². The number of anilines is 1. The minimum atomic E-state index is -3.81. The normalized spacial score (nSPS) is 11.4. The Kier molecular flexibility index (Phi) is 6.15. The van der Waals surface area contributed by atoms with E-state index in [-0.39, 0.29) is 5.75 Å². The summed E-state index contributed by atoms with van der Waals surface area (Å²) in [5.41, 5.74) is -0.0568. The lowest BCUT2D eigenvalue weighted by molar-refractivity contribution is -0.0964. The largest absolute Gasteiger partial charge is 0.487 e. The zero-order valence-electron chi connectivity index (χ0n) is 17.7. The number of methoxy groups -OCH3 is 1. The average molecular weight is 473 g/mol. The predicted octanol–water partition coefficient (Wildman–Crippen LogP) is 5.55. The third kappa shape index (κ3) is 4.88. The first-order valence-corrected chi connectivity index (χ1v) is 10.3. The fourth-order valence-corrected chi connectivity index (χ4v) is 3.60. The molecule has 0 spiro atoms. The summed E-state index contributed by atoms with van der Waals surface area (Å²) in [6, 6.07) is 13.0. The Morgan fingerprint density at radius 3 is 2.58 bits per heavy atom. The molecule has 2 aromatic heterocycles. The second-order valence-corrected chi connectivity index (χ2v) is 7.44. The molecule has 4 aromatic rings. The summed E-state index contributed by atoms with van der Waals surface area (Å²) in [5.74, 6) is -0.533. The van der Waals surface area contributed by atoms with Crippen molar-refractivity contribution in [2.75, 3.05) is 12.4 Å². The third-order valence-corrected chi connectivity index (χ3v) is 4.96. The number of carbonyl (C=O) groups excluding carboxylic acids is 1. The SMILES string of the molecule is CCn1c(OC)nc2cc(C(=O)Nc3ccc(OC(F)(F)Cl)cc3)cc(-c3cccnc3)c21. The Hall–Kier alpha value is -3.72. The highest BCUT2D eigenvalue weighted by Gasteiger charge is 2.27. The number of hydrogen-bond donors (Lipinski definition) is 1. The number of aromatic nitrogens is 3. The van der Waals surface area contributed by atoms with Gasteiger partial charge < -0.3 is 14.8 Å². The first kappa shape index (κ1) is 22.5. The van der Waals surface area contributed by atoms with Crippen LogP contribution in [0.15, 0.2) is 60.9 Å². The molecule has 0 saturated carbocycles. The van der Waals surface area contributed by atoms with Gasteiger partial charge in [0.2, 0.25) is 0 Å². The lowest BCUT2D eigenvalue weighted by Crippen LogP contribution is -2.16. The van der Waals surface area contributed by atoms with E-state index in [0.29, 0.717) is 29.3 Å². The van der Waals surface area contributed by atoms with Crippen molar-refractivity contribution in [1.82, 2.24) is 14.5 Å². The zero-order chi connectivity index (χ0) is 23.6. The molecule has 0 aliphatic heterocycles. The average Bonchev–Trinajstić information content (AvgIpc) is 3.17. The summed E-state index contributed by atoms with van der Waals surface area (Å²) in [5, 5.41) is 2.74. The van der Waals surface area contributed by atoms with E-state index in [1.54, 1.807) is 24.5 Å². The molecule has 0 saturated heterocycles. The number of pyridine rings is 1. The molecular formula is C23H19ClF2N4O3. The van der Waals surface area contributed by atoms with Crippen LogP contribution in [0.2, 0.25) is 0 Å². The summed E-state index contributed by atoms with van der Waals surface area (Å²) in [4.78, 5) is 21.7. The molecule has 0 atom stereocenters. The number of imidazole rings is 1. The molecule has 0 bridgehead atoms. The molecule has 2 heterocycles. The van der Waals surface area contributed by atoms with Crippen LogP contribution in [-0.4, -0.2) is 33.1 Å². The van der Waals surface area contributed by atoms with Gasteiger partial charge in [-0.2, -0.15) is 4.98 Å². The molecule has 1 amide bonds. The topological polar surface area (TPSA) is 78.3 Å². The van der Waals surface area contributed by atoms with E-state index in [2.05, 4.69) is 20.0 Å². The van der Waals surface area contributed by atoms with E-state index >= 15 is 0 Å². The quantitative estimate of drug-likeness (QED) is 0.357. The molecule has 0 aliphatic carbocycles. The van der Waals surface area contributed by atoms with Gasteiger partial charge in [0, 0.05) is 52.9 Å². The van der Waals surface area contributed by atoms with E-state index in [9.17, 15) is 13.6 Å². The number of ether oxygens (including phenoxy) is 2. The second kappa shape index (κ2) is 9.03. The van der Waals surface area contributed by atoms with Crippen molar-refractivity contribution in [1.29, 1.82) is 0 Å². The summed E-state index contributed by atoms with van der Waals surface area (Å²) in [7, 11) is 1.54. The molecule has 0 aliphatic rings. The van der Waals surface area contributed by atoms with Crippen LogP contribution in [0.25, 0.3) is 22.2 Å². The smallest absolute Gasteiger partial charge is 0.468 e. The molecule has 0 radical (unpaired) electrons. The van der Waals surface area contributed by atoms with Crippen molar-refractivity contribution in [3.05, 3.63) is 66.5 Å². The van der Waals surface area contributed by atoms with Gasteiger partial charge in [-0.1, -0.05) is 6.07 Å². The number of halogens is 3. The van der Waals surface area contributed by atoms with Gasteiger partial charge in [0.15, 0.2) is 0 Å². The van der Waals surface area contributed by atoms with Crippen LogP contribution >= 0.6 is 11.6 Å². The second-order valence-electron chi connectivity index (χ2n) is 7.00. The number of amides is 1. The lowest BCUT2D eigenvalue weighted by atomic mass is 10.0. The van der Waals surface area contributed by atoms with Gasteiger partial charge in [-0.05, 0) is 49.4 Å². The molecule has 2 aromatic carbocycles. The van der Waals surface area contributed by atoms with Crippen LogP contribution < -0.4 is 14.8 Å². The first-order valence-electron chi connectivity index (χ1n) is 9.95. The maximum Gasteiger partial charge on any atom is 0.487 e. The monoisotopic (exact) mass is 472 g/mol. The van der Waals surface area contributed by atoms with Crippen LogP contribution in [0, 0.1) is 0 Å². The third-order valence-electron chi connectivity index (χ3n) is 4.89. The molecule has 170 valence electrons. The van der Waals surface area contributed by atoms with Crippen molar-refractivity contribution >= 4 is 34.2 Å². The summed E-state index contributed by atoms with van der Waals surface area (Å²) in [6.07, 6.45) is 3.38. The summed E-state index contributed by atoms with van der Waals surface area (Å²) in [6.45, 7) is 2.60. The van der Waals surface area contributed by atoms with Gasteiger partial charge in [0.25, 0.3) is 11.9 Å². The first-order chi connectivity index (χ1) is 15.8. The molecule has 1 N–H and O–H groups in total. The van der Waals surface area contributed by atoms with Gasteiger partial charge >= 0.3 is 5.57 Å². The number of alkyl halides is 3. The molecule has 0 unspecified atom stereocenters. The van der Waals surface area contributed by atoms with E-state index in [1.165, 1.54) is 31.4 Å². The number of benzene rings is 2. The minimum Gasteiger partial charge on any atom is -0.468 e. The Bertz CT molecular complexity index is 1290. The minimum absolute atomic E-state index is 0.134. The van der Waals surface area contributed by atoms with Crippen molar-refractivity contribution in [3.63, 3.8) is 0 Å². The molecule has 7 nitrogen and oxygen atoms in total. The number of aryl methyl sites for hydroxylation is 1. The Morgan fingerprint density at radius 2 is 1.97 bits per heavy atom. The van der Waals surface area contributed by atoms with Crippen LogP contribution in [0.1, 0.15) is 17.3 Å². The van der Waals surface area contributed by atoms with Gasteiger partial charge in [-0.3, -0.25) is 14.3 Å². The number of carbonyl (C=O) groups is 1. The maximum absolute atomic E-state index is 13.0. The highest BCUT2D eigenvalue weighted by atomic mass is 35.5. The molecule has 33 heavy (non-hydrogen) atoms. The zero-order valence-corrected chi connectivity index (χ0v) is 18.4. The lowest BCUT2D eigenvalue weighted by Gasteiger charge is -2.12. The van der Waals surface area contributed by atoms with Gasteiger partial charge in [0.1, 0.15) is 5.75 Å². The number of fused-ring (bicyclic) bond motifs is 1. The summed E-state index contributed by atoms with van der Waals surface area (Å²) >= 11 is 4.77. The highest BCUT2D eigenvalue weighted by Crippen LogP contribution is 2.33. The predicted molar refractivity (Wildman–Crippen MR) is 121 cm³/mol. The van der Waals surface area contributed by atoms with Gasteiger partial charge in [-0.25, -0.2) is 0 Å². The van der Waals surface area contributed by atoms with Crippen molar-refractivity contribution < 1.29 is 23.0 Å². The van der Waals surface area contributed by atoms with E-state index < -0.39 is 11.5 Å². The summed E-state index contributed by atoms with van der Waals surface area (Å²) < 4.78 is 37.2. The van der Waals surface area contributed by atoms with Crippen LogP contribution in [0.3, 0.4) is 0 Å². The Morgan fingerprint density at radius 1 is 1.21 bits per heavy atom. The highest BCUT2D eigenvalue weighted by molar-refractivity contribution is 6.20. The van der Waals surface area contributed by atoms with Crippen LogP contribution in [0.5, 0.6) is 11.8 Å². The Labute approximate surface area is 192 Å². The molecule has 0 fully saturated rings. The number of nitrogens with one attached hydrogen (secondary N) is 1. The molecule has 4 rings (SSSR count). The van der Waals surface area contributed by atoms with E-state index in [4.69, 9.17) is 16.3 Å². The Balaban J connectivity index is 1.71. The molecule has 10 heteroatoms. The van der Waals surface area contributed by atoms with Crippen molar-refractivity contribution in [3.8, 4) is 22.9 Å². The van der Waals surface area contributed by atoms with Crippen molar-refractivity contribution in [2.24, 2.45) is 0 Å². The van der Waals surface area contributed by atoms with Gasteiger partial charge in [-0.15, -0.1) is 8.78 Å². The maximum atomic E-state index is 13.0. The standard InChI is InChI=1S/C23H19ClF2N4O3/c1-3-30-20-18(14-5-4-10-27-13-14)11-15(12-19(20)29-22(30)32-2)21(31)28-16-6-8-17(9-7-16)33-23(24,25)26/h4-13H,3H2,1-2H3,(H,28,31).